The molecule has 4 heterocycles. The molecule has 1 amide bonds. The molecule has 1 unspecified atom stereocenters. The number of hydrogen-bond donors (Lipinski definition) is 1. The molecule has 202 valence electrons. The molecule has 0 radical (unpaired) electrons. The van der Waals surface area contributed by atoms with Crippen LogP contribution in [-0.2, 0) is 16.1 Å². The Labute approximate surface area is 224 Å². The minimum absolute atomic E-state index is 0.0364. The average Bonchev–Trinajstić information content (AvgIpc) is 3.64. The number of aryl methyl sites for hydroxylation is 2. The number of nitrogens with zero attached hydrogens (tertiary/aromatic N) is 5. The van der Waals surface area contributed by atoms with Gasteiger partial charge in [0.25, 0.3) is 11.7 Å². The summed E-state index contributed by atoms with van der Waals surface area (Å²) in [6, 6.07) is 7.91. The molecule has 1 aromatic carbocycles. The van der Waals surface area contributed by atoms with E-state index in [1.54, 1.807) is 54.3 Å². The molecule has 39 heavy (non-hydrogen) atoms. The van der Waals surface area contributed by atoms with Gasteiger partial charge in [-0.15, -0.1) is 0 Å². The summed E-state index contributed by atoms with van der Waals surface area (Å²) < 4.78 is 20.2. The molecule has 0 aliphatic carbocycles. The Bertz CT molecular complexity index is 1550. The largest absolute Gasteiger partial charge is 0.505 e. The number of pyridine rings is 1. The highest BCUT2D eigenvalue weighted by Crippen LogP contribution is 2.46. The van der Waals surface area contributed by atoms with Crippen LogP contribution in [0.15, 0.2) is 60.8 Å². The SMILES string of the molecule is COc1cc(C2C(=C(O)c3c(C)nc4ccccn34)C(=O)C(=O)N2CCCn2ccnc2)cc(OC)c1OC. The molecule has 4 aromatic rings. The first-order valence-electron chi connectivity index (χ1n) is 12.4. The lowest BCUT2D eigenvalue weighted by Gasteiger charge is -2.26. The van der Waals surface area contributed by atoms with E-state index >= 15 is 0 Å². The molecule has 0 bridgehead atoms. The Hall–Kier alpha value is -4.80. The second-order valence-corrected chi connectivity index (χ2v) is 9.08. The van der Waals surface area contributed by atoms with Crippen LogP contribution in [0.2, 0.25) is 0 Å². The van der Waals surface area contributed by atoms with Crippen molar-refractivity contribution in [2.75, 3.05) is 27.9 Å². The number of carbonyl (C=O) groups excluding carboxylic acids is 2. The van der Waals surface area contributed by atoms with E-state index in [2.05, 4.69) is 9.97 Å². The summed E-state index contributed by atoms with van der Waals surface area (Å²) in [5.41, 5.74) is 1.97. The number of aromatic nitrogens is 4. The molecule has 3 aromatic heterocycles. The van der Waals surface area contributed by atoms with Crippen LogP contribution in [0.5, 0.6) is 17.2 Å². The van der Waals surface area contributed by atoms with Gasteiger partial charge in [-0.1, -0.05) is 6.07 Å². The van der Waals surface area contributed by atoms with Crippen LogP contribution < -0.4 is 14.2 Å². The summed E-state index contributed by atoms with van der Waals surface area (Å²) in [4.78, 5) is 37.1. The number of methoxy groups -OCH3 is 3. The van der Waals surface area contributed by atoms with Crippen LogP contribution in [0.25, 0.3) is 11.4 Å². The van der Waals surface area contributed by atoms with Gasteiger partial charge in [-0.2, -0.15) is 0 Å². The van der Waals surface area contributed by atoms with Gasteiger partial charge in [0.2, 0.25) is 5.75 Å². The normalized spacial score (nSPS) is 16.7. The third-order valence-corrected chi connectivity index (χ3v) is 6.85. The second-order valence-electron chi connectivity index (χ2n) is 9.08. The van der Waals surface area contributed by atoms with Crippen LogP contribution >= 0.6 is 0 Å². The molecule has 1 fully saturated rings. The van der Waals surface area contributed by atoms with E-state index in [1.165, 1.54) is 26.2 Å². The predicted molar refractivity (Wildman–Crippen MR) is 142 cm³/mol. The van der Waals surface area contributed by atoms with E-state index in [1.807, 2.05) is 16.8 Å². The van der Waals surface area contributed by atoms with Crippen molar-refractivity contribution in [3.05, 3.63) is 77.8 Å². The molecular formula is C28H29N5O6. The third-order valence-electron chi connectivity index (χ3n) is 6.85. The summed E-state index contributed by atoms with van der Waals surface area (Å²) >= 11 is 0. The standard InChI is InChI=1S/C28H29N5O6/c1-17-23(32-11-6-5-8-21(32)30-17)25(34)22-24(18-14-19(37-2)27(39-4)20(15-18)38-3)33(28(36)26(22)35)12-7-10-31-13-9-29-16-31/h5-6,8-9,11,13-16,24,34H,7,10,12H2,1-4H3. The van der Waals surface area contributed by atoms with Crippen molar-refractivity contribution in [2.24, 2.45) is 0 Å². The van der Waals surface area contributed by atoms with E-state index in [0.29, 0.717) is 52.8 Å². The fourth-order valence-corrected chi connectivity index (χ4v) is 5.09. The number of fused-ring (bicyclic) bond motifs is 1. The molecule has 0 spiro atoms. The summed E-state index contributed by atoms with van der Waals surface area (Å²) in [7, 11) is 4.48. The summed E-state index contributed by atoms with van der Waals surface area (Å²) in [5.74, 6) is -0.686. The third kappa shape index (κ3) is 4.45. The Morgan fingerprint density at radius 3 is 2.41 bits per heavy atom. The number of aliphatic hydroxyl groups is 1. The van der Waals surface area contributed by atoms with Crippen molar-refractivity contribution in [1.82, 2.24) is 23.8 Å². The first-order chi connectivity index (χ1) is 18.9. The zero-order valence-electron chi connectivity index (χ0n) is 22.1. The van der Waals surface area contributed by atoms with Crippen molar-refractivity contribution in [1.29, 1.82) is 0 Å². The van der Waals surface area contributed by atoms with Gasteiger partial charge in [0.05, 0.1) is 45.0 Å². The van der Waals surface area contributed by atoms with Crippen molar-refractivity contribution in [2.45, 2.75) is 25.9 Å². The van der Waals surface area contributed by atoms with Gasteiger partial charge in [-0.3, -0.25) is 14.0 Å². The lowest BCUT2D eigenvalue weighted by molar-refractivity contribution is -0.139. The van der Waals surface area contributed by atoms with Gasteiger partial charge >= 0.3 is 0 Å². The zero-order chi connectivity index (χ0) is 27.7. The molecule has 1 saturated heterocycles. The number of amides is 1. The van der Waals surface area contributed by atoms with E-state index in [-0.39, 0.29) is 17.9 Å². The number of ketones is 1. The maximum atomic E-state index is 13.6. The fraction of sp³-hybridized carbons (Fsp3) is 0.286. The monoisotopic (exact) mass is 531 g/mol. The average molecular weight is 532 g/mol. The number of imidazole rings is 2. The van der Waals surface area contributed by atoms with Crippen LogP contribution in [0, 0.1) is 6.92 Å². The number of aliphatic hydroxyl groups excluding tert-OH is 1. The van der Waals surface area contributed by atoms with Crippen LogP contribution in [0.4, 0.5) is 0 Å². The summed E-state index contributed by atoms with van der Waals surface area (Å²) in [5, 5.41) is 11.7. The molecule has 5 rings (SSSR count). The van der Waals surface area contributed by atoms with Crippen molar-refractivity contribution in [3.63, 3.8) is 0 Å². The van der Waals surface area contributed by atoms with E-state index < -0.39 is 17.7 Å². The van der Waals surface area contributed by atoms with Crippen LogP contribution in [0.3, 0.4) is 0 Å². The fourth-order valence-electron chi connectivity index (χ4n) is 5.09. The molecule has 11 nitrogen and oxygen atoms in total. The number of hydrogen-bond acceptors (Lipinski definition) is 8. The van der Waals surface area contributed by atoms with Crippen molar-refractivity contribution in [3.8, 4) is 17.2 Å². The molecule has 1 atom stereocenters. The van der Waals surface area contributed by atoms with Gasteiger partial charge in [0, 0.05) is 31.7 Å². The number of ether oxygens (including phenoxy) is 3. The zero-order valence-corrected chi connectivity index (χ0v) is 22.1. The minimum Gasteiger partial charge on any atom is -0.505 e. The maximum absolute atomic E-state index is 13.6. The van der Waals surface area contributed by atoms with Crippen molar-refractivity contribution >= 4 is 23.1 Å². The maximum Gasteiger partial charge on any atom is 0.295 e. The molecule has 1 aliphatic rings. The first kappa shape index (κ1) is 25.8. The van der Waals surface area contributed by atoms with E-state index in [9.17, 15) is 14.7 Å². The highest BCUT2D eigenvalue weighted by atomic mass is 16.5. The number of likely N-dealkylation sites (tertiary alicyclic amines) is 1. The predicted octanol–water partition coefficient (Wildman–Crippen LogP) is 3.38. The quantitative estimate of drug-likeness (QED) is 0.198. The highest BCUT2D eigenvalue weighted by molar-refractivity contribution is 6.46. The molecule has 11 heteroatoms. The topological polar surface area (TPSA) is 120 Å². The first-order valence-corrected chi connectivity index (χ1v) is 12.4. The Kier molecular flexibility index (Phi) is 6.97. The summed E-state index contributed by atoms with van der Waals surface area (Å²) in [6.07, 6.45) is 7.51. The number of rotatable bonds is 9. The van der Waals surface area contributed by atoms with E-state index in [4.69, 9.17) is 14.2 Å². The van der Waals surface area contributed by atoms with Crippen LogP contribution in [-0.4, -0.2) is 68.5 Å². The Morgan fingerprint density at radius 1 is 1.03 bits per heavy atom. The molecular weight excluding hydrogens is 502 g/mol. The number of Topliss-reactive ketones (excluding diaryl/α,β-unsaturated/α-hetero) is 1. The van der Waals surface area contributed by atoms with Gasteiger partial charge in [0.1, 0.15) is 11.3 Å². The Morgan fingerprint density at radius 2 is 1.77 bits per heavy atom. The summed E-state index contributed by atoms with van der Waals surface area (Å²) in [6.45, 7) is 2.60. The van der Waals surface area contributed by atoms with Gasteiger partial charge in [-0.05, 0) is 43.2 Å². The number of benzene rings is 1. The lowest BCUT2D eigenvalue weighted by Crippen LogP contribution is -2.31. The van der Waals surface area contributed by atoms with Gasteiger partial charge in [-0.25, -0.2) is 9.97 Å². The molecule has 1 N–H and O–H groups in total. The second kappa shape index (κ2) is 10.5. The van der Waals surface area contributed by atoms with Gasteiger partial charge in [0.15, 0.2) is 17.3 Å². The van der Waals surface area contributed by atoms with Crippen LogP contribution in [0.1, 0.15) is 29.4 Å². The molecule has 1 aliphatic heterocycles. The minimum atomic E-state index is -0.907. The van der Waals surface area contributed by atoms with Gasteiger partial charge < -0.3 is 28.8 Å². The van der Waals surface area contributed by atoms with Crippen molar-refractivity contribution < 1.29 is 28.9 Å². The highest BCUT2D eigenvalue weighted by Gasteiger charge is 2.47. The molecule has 0 saturated carbocycles. The smallest absolute Gasteiger partial charge is 0.295 e. The number of carbonyl (C=O) groups is 2. The Balaban J connectivity index is 1.68. The van der Waals surface area contributed by atoms with E-state index in [0.717, 1.165) is 0 Å². The lowest BCUT2D eigenvalue weighted by atomic mass is 9.95.